The van der Waals surface area contributed by atoms with Crippen LogP contribution in [0, 0.1) is 13.8 Å². The molecule has 0 atom stereocenters. The van der Waals surface area contributed by atoms with Crippen molar-refractivity contribution in [1.82, 2.24) is 0 Å². The molecule has 6 heteroatoms. The number of unbranched alkanes of at least 4 members (excludes halogenated alkanes) is 3. The molecule has 0 unspecified atom stereocenters. The van der Waals surface area contributed by atoms with Crippen LogP contribution in [-0.2, 0) is 9.84 Å². The van der Waals surface area contributed by atoms with Gasteiger partial charge in [-0.3, -0.25) is 0 Å². The highest BCUT2D eigenvalue weighted by Gasteiger charge is 2.19. The van der Waals surface area contributed by atoms with Gasteiger partial charge >= 0.3 is 5.55 Å². The molecule has 0 saturated carbocycles. The normalized spacial score (nSPS) is 11.0. The molecule has 0 aromatic heterocycles. The lowest BCUT2D eigenvalue weighted by atomic mass is 10.1. The summed E-state index contributed by atoms with van der Waals surface area (Å²) in [6, 6.07) is 3.07. The van der Waals surface area contributed by atoms with Gasteiger partial charge in [-0.15, -0.1) is 0 Å². The molecular weight excluding hydrogens is 288 g/mol. The minimum absolute atomic E-state index is 0.105. The van der Waals surface area contributed by atoms with Crippen molar-refractivity contribution in [3.8, 4) is 5.75 Å². The lowest BCUT2D eigenvalue weighted by molar-refractivity contribution is 0.00754. The van der Waals surface area contributed by atoms with Crippen LogP contribution in [0.2, 0.25) is 0 Å². The molecule has 1 aromatic rings. The van der Waals surface area contributed by atoms with E-state index < -0.39 is 9.84 Å². The third-order valence-electron chi connectivity index (χ3n) is 3.19. The largest absolute Gasteiger partial charge is 0.493 e. The highest BCUT2D eigenvalue weighted by molar-refractivity contribution is 8.04. The zero-order valence-corrected chi connectivity index (χ0v) is 13.6. The second kappa shape index (κ2) is 7.96. The molecule has 0 aliphatic heterocycles. The van der Waals surface area contributed by atoms with Crippen LogP contribution in [0.15, 0.2) is 17.0 Å². The first-order valence-corrected chi connectivity index (χ1v) is 8.63. The van der Waals surface area contributed by atoms with E-state index in [1.165, 1.54) is 25.0 Å². The van der Waals surface area contributed by atoms with Gasteiger partial charge in [0.25, 0.3) is 9.84 Å². The average Bonchev–Trinajstić information content (AvgIpc) is 2.40. The Hall–Kier alpha value is -1.65. The van der Waals surface area contributed by atoms with Crippen LogP contribution in [0.4, 0.5) is 0 Å². The van der Waals surface area contributed by atoms with Gasteiger partial charge < -0.3 is 10.3 Å². The molecule has 0 aliphatic rings. The number of ether oxygens (including phenoxy) is 1. The fraction of sp³-hybridized carbons (Fsp3) is 0.533. The summed E-state index contributed by atoms with van der Waals surface area (Å²) < 4.78 is 29.4. The highest BCUT2D eigenvalue weighted by atomic mass is 32.2. The van der Waals surface area contributed by atoms with E-state index in [4.69, 9.17) is 10.3 Å². The fourth-order valence-electron chi connectivity index (χ4n) is 2.13. The number of benzene rings is 1. The van der Waals surface area contributed by atoms with Crippen LogP contribution >= 0.6 is 0 Å². The van der Waals surface area contributed by atoms with Crippen LogP contribution in [0.1, 0.15) is 43.7 Å². The van der Waals surface area contributed by atoms with E-state index in [1.54, 1.807) is 0 Å². The van der Waals surface area contributed by atoms with Gasteiger partial charge in [-0.1, -0.05) is 26.2 Å². The summed E-state index contributed by atoms with van der Waals surface area (Å²) in [5, 5.41) is 0. The smallest absolute Gasteiger partial charge is 0.374 e. The molecule has 0 N–H and O–H groups in total. The maximum absolute atomic E-state index is 11.8. The molecule has 0 heterocycles. The summed E-state index contributed by atoms with van der Waals surface area (Å²) in [7, 11) is -3.70. The van der Waals surface area contributed by atoms with Crippen LogP contribution in [0.25, 0.3) is 5.53 Å². The molecule has 1 aromatic carbocycles. The second-order valence-corrected chi connectivity index (χ2v) is 6.83. The van der Waals surface area contributed by atoms with E-state index in [0.29, 0.717) is 12.2 Å². The molecule has 0 bridgehead atoms. The Morgan fingerprint density at radius 1 is 1.19 bits per heavy atom. The topological polar surface area (TPSA) is 79.8 Å². The molecule has 0 spiro atoms. The summed E-state index contributed by atoms with van der Waals surface area (Å²) in [6.45, 7) is 6.41. The minimum atomic E-state index is -3.70. The van der Waals surface area contributed by atoms with Crippen molar-refractivity contribution < 1.29 is 17.9 Å². The van der Waals surface area contributed by atoms with Gasteiger partial charge in [-0.05, 0) is 43.5 Å². The Kier molecular flexibility index (Phi) is 6.59. The summed E-state index contributed by atoms with van der Waals surface area (Å²) in [4.78, 5) is 2.70. The van der Waals surface area contributed by atoms with Gasteiger partial charge in [-0.2, -0.15) is 4.79 Å². The summed E-state index contributed by atoms with van der Waals surface area (Å²) in [5.41, 5.74) is 10.5. The lowest BCUT2D eigenvalue weighted by Gasteiger charge is -2.13. The Labute approximate surface area is 126 Å². The molecule has 116 valence electrons. The zero-order valence-electron chi connectivity index (χ0n) is 12.8. The van der Waals surface area contributed by atoms with E-state index in [-0.39, 0.29) is 4.90 Å². The van der Waals surface area contributed by atoms with Gasteiger partial charge in [0, 0.05) is 0 Å². The molecule has 0 amide bonds. The van der Waals surface area contributed by atoms with Crippen molar-refractivity contribution in [3.63, 3.8) is 0 Å². The second-order valence-electron chi connectivity index (χ2n) is 5.06. The van der Waals surface area contributed by atoms with Gasteiger partial charge in [0.05, 0.1) is 11.5 Å². The van der Waals surface area contributed by atoms with E-state index in [2.05, 4.69) is 11.7 Å². The van der Waals surface area contributed by atoms with Gasteiger partial charge in [0.1, 0.15) is 5.75 Å². The number of rotatable bonds is 8. The minimum Gasteiger partial charge on any atom is -0.493 e. The van der Waals surface area contributed by atoms with Gasteiger partial charge in [0.15, 0.2) is 0 Å². The van der Waals surface area contributed by atoms with E-state index in [9.17, 15) is 8.42 Å². The summed E-state index contributed by atoms with van der Waals surface area (Å²) in [5.74, 6) is 0.728. The van der Waals surface area contributed by atoms with Crippen LogP contribution in [0.5, 0.6) is 5.75 Å². The SMILES string of the molecule is CCCCCCOc1c(C)cc(S(=O)(=O)C=[N+]=[N-])cc1C. The Balaban J connectivity index is 2.88. The van der Waals surface area contributed by atoms with Gasteiger partial charge in [-0.25, -0.2) is 8.42 Å². The van der Waals surface area contributed by atoms with Gasteiger partial charge in [0.2, 0.25) is 0 Å². The first-order chi connectivity index (χ1) is 9.92. The molecule has 0 aliphatic carbocycles. The van der Waals surface area contributed by atoms with Crippen molar-refractivity contribution >= 4 is 15.4 Å². The third-order valence-corrected chi connectivity index (χ3v) is 4.46. The molecule has 0 fully saturated rings. The Morgan fingerprint density at radius 3 is 2.33 bits per heavy atom. The number of sulfone groups is 1. The molecular formula is C15H22N2O3S. The zero-order chi connectivity index (χ0) is 15.9. The standard InChI is InChI=1S/C15H22N2O3S/c1-4-5-6-7-8-20-15-12(2)9-14(10-13(15)3)21(18,19)11-17-16/h9-11H,4-8H2,1-3H3. The molecule has 5 nitrogen and oxygen atoms in total. The predicted octanol–water partition coefficient (Wildman–Crippen LogP) is 3.29. The van der Waals surface area contributed by atoms with E-state index >= 15 is 0 Å². The van der Waals surface area contributed by atoms with Crippen molar-refractivity contribution in [1.29, 1.82) is 0 Å². The predicted molar refractivity (Wildman–Crippen MR) is 82.4 cm³/mol. The van der Waals surface area contributed by atoms with Crippen LogP contribution in [-0.4, -0.2) is 25.4 Å². The molecule has 1 rings (SSSR count). The first-order valence-electron chi connectivity index (χ1n) is 7.09. The van der Waals surface area contributed by atoms with E-state index in [0.717, 1.165) is 29.7 Å². The quantitative estimate of drug-likeness (QED) is 0.243. The fourth-order valence-corrected chi connectivity index (χ4v) is 3.06. The van der Waals surface area contributed by atoms with Crippen molar-refractivity contribution in [3.05, 3.63) is 28.8 Å². The Morgan fingerprint density at radius 2 is 1.81 bits per heavy atom. The number of aryl methyl sites for hydroxylation is 2. The third kappa shape index (κ3) is 4.99. The molecule has 21 heavy (non-hydrogen) atoms. The first kappa shape index (κ1) is 17.4. The van der Waals surface area contributed by atoms with Crippen molar-refractivity contribution in [2.24, 2.45) is 0 Å². The van der Waals surface area contributed by atoms with Crippen LogP contribution < -0.4 is 4.74 Å². The molecule has 0 radical (unpaired) electrons. The number of hydrogen-bond acceptors (Lipinski definition) is 3. The van der Waals surface area contributed by atoms with E-state index in [1.807, 2.05) is 13.8 Å². The van der Waals surface area contributed by atoms with Crippen molar-refractivity contribution in [2.75, 3.05) is 6.61 Å². The maximum Gasteiger partial charge on any atom is 0.374 e. The Bertz CT molecular complexity index is 609. The average molecular weight is 310 g/mol. The van der Waals surface area contributed by atoms with Crippen LogP contribution in [0.3, 0.4) is 0 Å². The highest BCUT2D eigenvalue weighted by Crippen LogP contribution is 2.27. The summed E-state index contributed by atoms with van der Waals surface area (Å²) in [6.07, 6.45) is 4.49. The summed E-state index contributed by atoms with van der Waals surface area (Å²) >= 11 is 0. The monoisotopic (exact) mass is 310 g/mol. The molecule has 0 saturated heterocycles. The lowest BCUT2D eigenvalue weighted by Crippen LogP contribution is -2.06. The maximum atomic E-state index is 11.8. The number of hydrogen-bond donors (Lipinski definition) is 0. The number of nitrogens with zero attached hydrogens (tertiary/aromatic N) is 2. The van der Waals surface area contributed by atoms with Crippen molar-refractivity contribution in [2.45, 2.75) is 51.3 Å².